The standard InChI is InChI=1S/C28H44O2/c1-2-3-4-5-6-7-8-9-10-11-13-18-25(23-27(29)30)24-28(21-16-17-22-28)26-19-14-12-15-20-26/h7-8,12,14-15,19-20,25H,2-6,9-11,13,16-18,21-24H2,1H3,(H,29,30)/t25-/m1/s1. The monoisotopic (exact) mass is 412 g/mol. The van der Waals surface area contributed by atoms with Crippen molar-refractivity contribution < 1.29 is 9.90 Å². The molecule has 0 unspecified atom stereocenters. The van der Waals surface area contributed by atoms with Crippen molar-refractivity contribution in [1.29, 1.82) is 0 Å². The highest BCUT2D eigenvalue weighted by Gasteiger charge is 2.37. The summed E-state index contributed by atoms with van der Waals surface area (Å²) in [6, 6.07) is 10.9. The lowest BCUT2D eigenvalue weighted by Crippen LogP contribution is -2.27. The molecule has 30 heavy (non-hydrogen) atoms. The van der Waals surface area contributed by atoms with Crippen LogP contribution in [0.1, 0.15) is 115 Å². The minimum absolute atomic E-state index is 0.210. The van der Waals surface area contributed by atoms with Crippen molar-refractivity contribution in [2.75, 3.05) is 0 Å². The first-order valence-electron chi connectivity index (χ1n) is 12.6. The van der Waals surface area contributed by atoms with Crippen LogP contribution < -0.4 is 0 Å². The topological polar surface area (TPSA) is 37.3 Å². The Balaban J connectivity index is 1.75. The van der Waals surface area contributed by atoms with Gasteiger partial charge in [-0.25, -0.2) is 0 Å². The molecule has 0 bridgehead atoms. The van der Waals surface area contributed by atoms with E-state index in [0.717, 1.165) is 19.3 Å². The molecule has 0 heterocycles. The van der Waals surface area contributed by atoms with Crippen LogP contribution in [0, 0.1) is 5.92 Å². The zero-order valence-electron chi connectivity index (χ0n) is 19.3. The number of unbranched alkanes of at least 4 members (excludes halogenated alkanes) is 7. The number of rotatable bonds is 16. The molecule has 0 saturated heterocycles. The number of hydrogen-bond donors (Lipinski definition) is 1. The Morgan fingerprint density at radius 1 is 0.967 bits per heavy atom. The fourth-order valence-corrected chi connectivity index (χ4v) is 5.33. The van der Waals surface area contributed by atoms with E-state index in [9.17, 15) is 9.90 Å². The van der Waals surface area contributed by atoms with Gasteiger partial charge in [-0.2, -0.15) is 0 Å². The van der Waals surface area contributed by atoms with E-state index in [1.54, 1.807) is 0 Å². The lowest BCUT2D eigenvalue weighted by Gasteiger charge is -2.33. The van der Waals surface area contributed by atoms with Gasteiger partial charge in [0.05, 0.1) is 0 Å². The van der Waals surface area contributed by atoms with Crippen molar-refractivity contribution in [3.05, 3.63) is 48.0 Å². The number of benzene rings is 1. The minimum Gasteiger partial charge on any atom is -0.481 e. The van der Waals surface area contributed by atoms with E-state index < -0.39 is 5.97 Å². The SMILES string of the molecule is CCCCCCC=CCCCCC[C@H](CC(=O)O)CC1(c2ccccc2)CCCC1. The molecule has 1 aliphatic rings. The summed E-state index contributed by atoms with van der Waals surface area (Å²) in [6.45, 7) is 2.26. The van der Waals surface area contributed by atoms with Gasteiger partial charge < -0.3 is 5.11 Å². The Hall–Kier alpha value is -1.57. The van der Waals surface area contributed by atoms with Crippen LogP contribution in [0.5, 0.6) is 0 Å². The van der Waals surface area contributed by atoms with Gasteiger partial charge in [0.25, 0.3) is 0 Å². The highest BCUT2D eigenvalue weighted by molar-refractivity contribution is 5.67. The molecule has 2 heteroatoms. The molecule has 2 rings (SSSR count). The van der Waals surface area contributed by atoms with E-state index >= 15 is 0 Å². The lowest BCUT2D eigenvalue weighted by molar-refractivity contribution is -0.138. The average Bonchev–Trinajstić information content (AvgIpc) is 3.22. The first-order chi connectivity index (χ1) is 14.7. The molecule has 0 aromatic heterocycles. The van der Waals surface area contributed by atoms with Gasteiger partial charge in [0, 0.05) is 6.42 Å². The van der Waals surface area contributed by atoms with Gasteiger partial charge in [0.2, 0.25) is 0 Å². The smallest absolute Gasteiger partial charge is 0.303 e. The number of hydrogen-bond acceptors (Lipinski definition) is 1. The van der Waals surface area contributed by atoms with E-state index in [2.05, 4.69) is 49.4 Å². The highest BCUT2D eigenvalue weighted by Crippen LogP contribution is 2.46. The van der Waals surface area contributed by atoms with Gasteiger partial charge in [0.15, 0.2) is 0 Å². The lowest BCUT2D eigenvalue weighted by atomic mass is 9.71. The van der Waals surface area contributed by atoms with E-state index in [1.165, 1.54) is 82.6 Å². The second-order valence-electron chi connectivity index (χ2n) is 9.48. The Kier molecular flexibility index (Phi) is 11.9. The van der Waals surface area contributed by atoms with Crippen LogP contribution in [0.2, 0.25) is 0 Å². The zero-order chi connectivity index (χ0) is 21.5. The van der Waals surface area contributed by atoms with Gasteiger partial charge >= 0.3 is 5.97 Å². The van der Waals surface area contributed by atoms with Gasteiger partial charge in [0.1, 0.15) is 0 Å². The Morgan fingerprint density at radius 3 is 2.20 bits per heavy atom. The number of aliphatic carboxylic acids is 1. The number of carboxylic acid groups (broad SMARTS) is 1. The predicted molar refractivity (Wildman–Crippen MR) is 128 cm³/mol. The van der Waals surface area contributed by atoms with Crippen molar-refractivity contribution in [2.24, 2.45) is 5.92 Å². The summed E-state index contributed by atoms with van der Waals surface area (Å²) in [7, 11) is 0. The van der Waals surface area contributed by atoms with E-state index in [0.29, 0.717) is 12.3 Å². The van der Waals surface area contributed by atoms with Gasteiger partial charge in [-0.3, -0.25) is 4.79 Å². The molecule has 168 valence electrons. The molecule has 1 fully saturated rings. The quantitative estimate of drug-likeness (QED) is 0.218. The summed E-state index contributed by atoms with van der Waals surface area (Å²) in [5.41, 5.74) is 1.64. The molecule has 0 radical (unpaired) electrons. The van der Waals surface area contributed by atoms with Crippen molar-refractivity contribution in [2.45, 2.75) is 115 Å². The van der Waals surface area contributed by atoms with Gasteiger partial charge in [-0.05, 0) is 68.3 Å². The van der Waals surface area contributed by atoms with Crippen LogP contribution in [0.4, 0.5) is 0 Å². The molecule has 0 spiro atoms. The fourth-order valence-electron chi connectivity index (χ4n) is 5.33. The van der Waals surface area contributed by atoms with E-state index in [-0.39, 0.29) is 5.41 Å². The van der Waals surface area contributed by atoms with Crippen molar-refractivity contribution >= 4 is 5.97 Å². The summed E-state index contributed by atoms with van der Waals surface area (Å²) in [5.74, 6) is -0.331. The Labute approximate surface area is 185 Å². The van der Waals surface area contributed by atoms with Crippen LogP contribution in [-0.2, 0) is 10.2 Å². The van der Waals surface area contributed by atoms with Crippen LogP contribution in [0.3, 0.4) is 0 Å². The third-order valence-corrected chi connectivity index (χ3v) is 6.96. The summed E-state index contributed by atoms with van der Waals surface area (Å²) in [6.07, 6.45) is 23.5. The molecular formula is C28H44O2. The fraction of sp³-hybridized carbons (Fsp3) is 0.679. The highest BCUT2D eigenvalue weighted by atomic mass is 16.4. The average molecular weight is 413 g/mol. The first-order valence-corrected chi connectivity index (χ1v) is 12.6. The molecule has 0 amide bonds. The van der Waals surface area contributed by atoms with Crippen LogP contribution in [0.25, 0.3) is 0 Å². The van der Waals surface area contributed by atoms with Gasteiger partial charge in [-0.1, -0.05) is 94.4 Å². The molecule has 1 atom stereocenters. The van der Waals surface area contributed by atoms with Gasteiger partial charge in [-0.15, -0.1) is 0 Å². The van der Waals surface area contributed by atoms with E-state index in [1.807, 2.05) is 0 Å². The molecule has 0 aliphatic heterocycles. The largest absolute Gasteiger partial charge is 0.481 e. The maximum Gasteiger partial charge on any atom is 0.303 e. The van der Waals surface area contributed by atoms with Crippen LogP contribution >= 0.6 is 0 Å². The molecule has 1 N–H and O–H groups in total. The first kappa shape index (κ1) is 24.7. The van der Waals surface area contributed by atoms with Crippen LogP contribution in [0.15, 0.2) is 42.5 Å². The number of carboxylic acids is 1. The maximum atomic E-state index is 11.5. The van der Waals surface area contributed by atoms with Crippen molar-refractivity contribution in [3.63, 3.8) is 0 Å². The molecular weight excluding hydrogens is 368 g/mol. The minimum atomic E-state index is -0.632. The predicted octanol–water partition coefficient (Wildman–Crippen LogP) is 8.46. The van der Waals surface area contributed by atoms with E-state index in [4.69, 9.17) is 0 Å². The third-order valence-electron chi connectivity index (χ3n) is 6.96. The zero-order valence-corrected chi connectivity index (χ0v) is 19.3. The second kappa shape index (κ2) is 14.4. The summed E-state index contributed by atoms with van der Waals surface area (Å²) < 4.78 is 0. The Morgan fingerprint density at radius 2 is 1.60 bits per heavy atom. The second-order valence-corrected chi connectivity index (χ2v) is 9.48. The molecule has 1 aromatic carbocycles. The summed E-state index contributed by atoms with van der Waals surface area (Å²) in [4.78, 5) is 11.5. The molecule has 1 saturated carbocycles. The maximum absolute atomic E-state index is 11.5. The van der Waals surface area contributed by atoms with Crippen LogP contribution in [-0.4, -0.2) is 11.1 Å². The number of carbonyl (C=O) groups is 1. The van der Waals surface area contributed by atoms with Crippen molar-refractivity contribution in [1.82, 2.24) is 0 Å². The summed E-state index contributed by atoms with van der Waals surface area (Å²) in [5, 5.41) is 9.48. The molecule has 1 aliphatic carbocycles. The Bertz CT molecular complexity index is 598. The molecule has 1 aromatic rings. The third kappa shape index (κ3) is 9.06. The summed E-state index contributed by atoms with van der Waals surface area (Å²) >= 11 is 0. The van der Waals surface area contributed by atoms with Crippen molar-refractivity contribution in [3.8, 4) is 0 Å². The molecule has 2 nitrogen and oxygen atoms in total. The number of allylic oxidation sites excluding steroid dienone is 2. The normalized spacial score (nSPS) is 16.8.